The van der Waals surface area contributed by atoms with Crippen LogP contribution in [0.2, 0.25) is 0 Å². The maximum Gasteiger partial charge on any atom is 0.318 e. The van der Waals surface area contributed by atoms with Gasteiger partial charge in [0, 0.05) is 11.1 Å². The highest BCUT2D eigenvalue weighted by Gasteiger charge is 2.20. The molecule has 0 aliphatic heterocycles. The molecule has 1 atom stereocenters. The summed E-state index contributed by atoms with van der Waals surface area (Å²) in [5.41, 5.74) is 3.96. The molecule has 3 aromatic carbocycles. The number of ketones is 1. The second-order valence-corrected chi connectivity index (χ2v) is 6.66. The standard InChI is InChI=1S/C24H22O3/c1-16-9-7-14-22(17(16)2)27-24(26)18(3)20-12-8-13-21(15-20)23(25)19-10-5-4-6-11-19/h4-15,18H,1-3H3/t18-/m1/s1. The molecule has 0 heterocycles. The number of ether oxygens (including phenoxy) is 1. The summed E-state index contributed by atoms with van der Waals surface area (Å²) < 4.78 is 5.60. The fraction of sp³-hybridized carbons (Fsp3) is 0.167. The van der Waals surface area contributed by atoms with Crippen molar-refractivity contribution in [3.05, 3.63) is 101 Å². The van der Waals surface area contributed by atoms with Crippen LogP contribution in [0.15, 0.2) is 72.8 Å². The van der Waals surface area contributed by atoms with Crippen molar-refractivity contribution >= 4 is 11.8 Å². The largest absolute Gasteiger partial charge is 0.426 e. The fourth-order valence-electron chi connectivity index (χ4n) is 2.87. The predicted octanol–water partition coefficient (Wildman–Crippen LogP) is 5.24. The lowest BCUT2D eigenvalue weighted by Crippen LogP contribution is -2.17. The van der Waals surface area contributed by atoms with Gasteiger partial charge in [0.2, 0.25) is 0 Å². The summed E-state index contributed by atoms with van der Waals surface area (Å²) in [5.74, 6) is -0.308. The molecule has 0 unspecified atom stereocenters. The van der Waals surface area contributed by atoms with Crippen LogP contribution in [0.5, 0.6) is 5.75 Å². The Balaban J connectivity index is 1.81. The molecule has 0 fully saturated rings. The zero-order chi connectivity index (χ0) is 19.4. The molecule has 0 aromatic heterocycles. The number of carbonyl (C=O) groups is 2. The normalized spacial score (nSPS) is 11.7. The molecular weight excluding hydrogens is 336 g/mol. The van der Waals surface area contributed by atoms with E-state index in [1.54, 1.807) is 43.3 Å². The second-order valence-electron chi connectivity index (χ2n) is 6.66. The summed E-state index contributed by atoms with van der Waals surface area (Å²) in [4.78, 5) is 25.3. The molecule has 136 valence electrons. The third kappa shape index (κ3) is 4.14. The molecule has 3 aromatic rings. The highest BCUT2D eigenvalue weighted by Crippen LogP contribution is 2.25. The third-order valence-corrected chi connectivity index (χ3v) is 4.80. The van der Waals surface area contributed by atoms with E-state index in [9.17, 15) is 9.59 Å². The second kappa shape index (κ2) is 8.00. The summed E-state index contributed by atoms with van der Waals surface area (Å²) in [6.07, 6.45) is 0. The predicted molar refractivity (Wildman–Crippen MR) is 106 cm³/mol. The van der Waals surface area contributed by atoms with E-state index in [1.165, 1.54) is 0 Å². The number of esters is 1. The van der Waals surface area contributed by atoms with Crippen molar-refractivity contribution in [2.75, 3.05) is 0 Å². The fourth-order valence-corrected chi connectivity index (χ4v) is 2.87. The Kier molecular flexibility index (Phi) is 5.51. The Labute approximate surface area is 159 Å². The Morgan fingerprint density at radius 1 is 0.815 bits per heavy atom. The van der Waals surface area contributed by atoms with E-state index in [-0.39, 0.29) is 11.8 Å². The first kappa shape index (κ1) is 18.6. The van der Waals surface area contributed by atoms with Gasteiger partial charge in [0.1, 0.15) is 5.75 Å². The lowest BCUT2D eigenvalue weighted by molar-refractivity contribution is -0.135. The molecule has 3 rings (SSSR count). The van der Waals surface area contributed by atoms with Crippen molar-refractivity contribution in [1.82, 2.24) is 0 Å². The van der Waals surface area contributed by atoms with Crippen LogP contribution in [0.25, 0.3) is 0 Å². The summed E-state index contributed by atoms with van der Waals surface area (Å²) in [6.45, 7) is 5.70. The van der Waals surface area contributed by atoms with Gasteiger partial charge in [0.15, 0.2) is 5.78 Å². The van der Waals surface area contributed by atoms with Gasteiger partial charge in [0.25, 0.3) is 0 Å². The molecule has 0 saturated carbocycles. The smallest absolute Gasteiger partial charge is 0.318 e. The highest BCUT2D eigenvalue weighted by molar-refractivity contribution is 6.09. The lowest BCUT2D eigenvalue weighted by atomic mass is 9.96. The van der Waals surface area contributed by atoms with E-state index in [0.717, 1.165) is 16.7 Å². The molecular formula is C24H22O3. The SMILES string of the molecule is Cc1cccc(OC(=O)[C@H](C)c2cccc(C(=O)c3ccccc3)c2)c1C. The van der Waals surface area contributed by atoms with E-state index in [4.69, 9.17) is 4.74 Å². The van der Waals surface area contributed by atoms with Crippen LogP contribution < -0.4 is 4.74 Å². The van der Waals surface area contributed by atoms with Crippen LogP contribution in [0.1, 0.15) is 45.5 Å². The summed E-state index contributed by atoms with van der Waals surface area (Å²) in [5, 5.41) is 0. The first-order valence-electron chi connectivity index (χ1n) is 8.95. The average Bonchev–Trinajstić information content (AvgIpc) is 2.71. The average molecular weight is 358 g/mol. The summed E-state index contributed by atoms with van der Waals surface area (Å²) in [7, 11) is 0. The number of hydrogen-bond donors (Lipinski definition) is 0. The molecule has 0 aliphatic rings. The molecule has 0 saturated heterocycles. The Bertz CT molecular complexity index is 974. The van der Waals surface area contributed by atoms with Crippen molar-refractivity contribution in [3.63, 3.8) is 0 Å². The van der Waals surface area contributed by atoms with Crippen molar-refractivity contribution in [2.24, 2.45) is 0 Å². The molecule has 0 bridgehead atoms. The minimum absolute atomic E-state index is 0.0625. The van der Waals surface area contributed by atoms with Gasteiger partial charge < -0.3 is 4.74 Å². The number of rotatable bonds is 5. The first-order valence-corrected chi connectivity index (χ1v) is 8.95. The van der Waals surface area contributed by atoms with Gasteiger partial charge in [-0.2, -0.15) is 0 Å². The Hall–Kier alpha value is -3.20. The summed E-state index contributed by atoms with van der Waals surface area (Å²) in [6, 6.07) is 21.9. The molecule has 3 nitrogen and oxygen atoms in total. The quantitative estimate of drug-likeness (QED) is 0.356. The van der Waals surface area contributed by atoms with Gasteiger partial charge >= 0.3 is 5.97 Å². The van der Waals surface area contributed by atoms with E-state index < -0.39 is 5.92 Å². The maximum absolute atomic E-state index is 12.6. The first-order chi connectivity index (χ1) is 13.0. The van der Waals surface area contributed by atoms with Crippen LogP contribution in [-0.2, 0) is 4.79 Å². The van der Waals surface area contributed by atoms with E-state index in [2.05, 4.69) is 0 Å². The summed E-state index contributed by atoms with van der Waals surface area (Å²) >= 11 is 0. The molecule has 0 amide bonds. The van der Waals surface area contributed by atoms with Crippen molar-refractivity contribution in [2.45, 2.75) is 26.7 Å². The third-order valence-electron chi connectivity index (χ3n) is 4.80. The van der Waals surface area contributed by atoms with Gasteiger partial charge in [0.05, 0.1) is 5.92 Å². The minimum atomic E-state index is -0.478. The molecule has 0 spiro atoms. The monoisotopic (exact) mass is 358 g/mol. The van der Waals surface area contributed by atoms with Gasteiger partial charge in [-0.25, -0.2) is 0 Å². The minimum Gasteiger partial charge on any atom is -0.426 e. The van der Waals surface area contributed by atoms with Crippen LogP contribution >= 0.6 is 0 Å². The zero-order valence-electron chi connectivity index (χ0n) is 15.7. The van der Waals surface area contributed by atoms with E-state index in [0.29, 0.717) is 16.9 Å². The topological polar surface area (TPSA) is 43.4 Å². The van der Waals surface area contributed by atoms with Crippen LogP contribution in [0, 0.1) is 13.8 Å². The molecule has 27 heavy (non-hydrogen) atoms. The van der Waals surface area contributed by atoms with Crippen molar-refractivity contribution in [1.29, 1.82) is 0 Å². The maximum atomic E-state index is 12.6. The number of hydrogen-bond acceptors (Lipinski definition) is 3. The molecule has 0 radical (unpaired) electrons. The van der Waals surface area contributed by atoms with Crippen LogP contribution in [0.4, 0.5) is 0 Å². The Morgan fingerprint density at radius 3 is 2.22 bits per heavy atom. The van der Waals surface area contributed by atoms with Gasteiger partial charge in [-0.1, -0.05) is 60.7 Å². The lowest BCUT2D eigenvalue weighted by Gasteiger charge is -2.14. The number of carbonyl (C=O) groups excluding carboxylic acids is 2. The van der Waals surface area contributed by atoms with Gasteiger partial charge in [-0.05, 0) is 49.6 Å². The number of benzene rings is 3. The molecule has 0 aliphatic carbocycles. The van der Waals surface area contributed by atoms with E-state index >= 15 is 0 Å². The van der Waals surface area contributed by atoms with Gasteiger partial charge in [-0.15, -0.1) is 0 Å². The van der Waals surface area contributed by atoms with Gasteiger partial charge in [-0.3, -0.25) is 9.59 Å². The van der Waals surface area contributed by atoms with Crippen LogP contribution in [0.3, 0.4) is 0 Å². The highest BCUT2D eigenvalue weighted by atomic mass is 16.5. The van der Waals surface area contributed by atoms with Crippen molar-refractivity contribution in [3.8, 4) is 5.75 Å². The van der Waals surface area contributed by atoms with Crippen molar-refractivity contribution < 1.29 is 14.3 Å². The van der Waals surface area contributed by atoms with E-state index in [1.807, 2.05) is 50.2 Å². The van der Waals surface area contributed by atoms with Crippen LogP contribution in [-0.4, -0.2) is 11.8 Å². The number of aryl methyl sites for hydroxylation is 1. The zero-order valence-corrected chi connectivity index (χ0v) is 15.7. The molecule has 0 N–H and O–H groups in total. The molecule has 3 heteroatoms. The Morgan fingerprint density at radius 2 is 1.48 bits per heavy atom.